The molecule has 0 saturated heterocycles. The van der Waals surface area contributed by atoms with Gasteiger partial charge in [-0.05, 0) is 12.3 Å². The van der Waals surface area contributed by atoms with Crippen LogP contribution in [0.1, 0.15) is 33.6 Å². The number of rotatable bonds is 6. The molecule has 0 aromatic carbocycles. The van der Waals surface area contributed by atoms with Gasteiger partial charge in [-0.3, -0.25) is 4.57 Å². The van der Waals surface area contributed by atoms with E-state index in [9.17, 15) is 4.57 Å². The van der Waals surface area contributed by atoms with Gasteiger partial charge < -0.3 is 4.52 Å². The van der Waals surface area contributed by atoms with Gasteiger partial charge in [0.25, 0.3) is 0 Å². The molecule has 0 N–H and O–H groups in total. The SMILES string of the molecule is CCCCOP(C)(=O)CC(C)C. The van der Waals surface area contributed by atoms with Crippen molar-refractivity contribution in [2.45, 2.75) is 33.6 Å². The summed E-state index contributed by atoms with van der Waals surface area (Å²) in [6.45, 7) is 8.63. The standard InChI is InChI=1S/C9H21O2P/c1-5-6-7-11-12(4,10)8-9(2)3/h9H,5-8H2,1-4H3. The van der Waals surface area contributed by atoms with Crippen molar-refractivity contribution in [1.82, 2.24) is 0 Å². The summed E-state index contributed by atoms with van der Waals surface area (Å²) >= 11 is 0. The van der Waals surface area contributed by atoms with E-state index in [1.807, 2.05) is 0 Å². The predicted molar refractivity (Wildman–Crippen MR) is 54.1 cm³/mol. The van der Waals surface area contributed by atoms with Crippen LogP contribution in [0.15, 0.2) is 0 Å². The van der Waals surface area contributed by atoms with Crippen LogP contribution >= 0.6 is 7.37 Å². The van der Waals surface area contributed by atoms with E-state index >= 15 is 0 Å². The Morgan fingerprint density at radius 2 is 2.00 bits per heavy atom. The summed E-state index contributed by atoms with van der Waals surface area (Å²) in [6.07, 6.45) is 2.81. The van der Waals surface area contributed by atoms with Crippen LogP contribution in [0.2, 0.25) is 0 Å². The van der Waals surface area contributed by atoms with Crippen molar-refractivity contribution in [3.05, 3.63) is 0 Å². The van der Waals surface area contributed by atoms with Gasteiger partial charge in [-0.15, -0.1) is 0 Å². The Balaban J connectivity index is 3.64. The van der Waals surface area contributed by atoms with Crippen molar-refractivity contribution in [3.63, 3.8) is 0 Å². The van der Waals surface area contributed by atoms with E-state index in [0.717, 1.165) is 12.8 Å². The fraction of sp³-hybridized carbons (Fsp3) is 1.00. The van der Waals surface area contributed by atoms with Gasteiger partial charge in [0, 0.05) is 12.8 Å². The van der Waals surface area contributed by atoms with Crippen molar-refractivity contribution in [3.8, 4) is 0 Å². The predicted octanol–water partition coefficient (Wildman–Crippen LogP) is 3.37. The number of hydrogen-bond acceptors (Lipinski definition) is 2. The lowest BCUT2D eigenvalue weighted by atomic mass is 10.3. The molecule has 3 heteroatoms. The maximum Gasteiger partial charge on any atom is 0.200 e. The molecule has 0 saturated carbocycles. The summed E-state index contributed by atoms with van der Waals surface area (Å²) in [5.41, 5.74) is 0. The molecular weight excluding hydrogens is 171 g/mol. The number of unbranched alkanes of at least 4 members (excludes halogenated alkanes) is 1. The van der Waals surface area contributed by atoms with Gasteiger partial charge in [-0.25, -0.2) is 0 Å². The van der Waals surface area contributed by atoms with Gasteiger partial charge in [-0.1, -0.05) is 27.2 Å². The summed E-state index contributed by atoms with van der Waals surface area (Å²) in [4.78, 5) is 0. The van der Waals surface area contributed by atoms with E-state index < -0.39 is 7.37 Å². The van der Waals surface area contributed by atoms with Gasteiger partial charge in [-0.2, -0.15) is 0 Å². The molecule has 2 nitrogen and oxygen atoms in total. The molecule has 0 bridgehead atoms. The largest absolute Gasteiger partial charge is 0.329 e. The van der Waals surface area contributed by atoms with Crippen LogP contribution in [-0.4, -0.2) is 19.4 Å². The minimum Gasteiger partial charge on any atom is -0.329 e. The van der Waals surface area contributed by atoms with Crippen LogP contribution in [0.5, 0.6) is 0 Å². The highest BCUT2D eigenvalue weighted by molar-refractivity contribution is 7.58. The second-order valence-corrected chi connectivity index (χ2v) is 6.43. The third-order valence-corrected chi connectivity index (χ3v) is 3.68. The third kappa shape index (κ3) is 6.87. The van der Waals surface area contributed by atoms with Crippen molar-refractivity contribution in [2.24, 2.45) is 5.92 Å². The molecule has 1 unspecified atom stereocenters. The van der Waals surface area contributed by atoms with Crippen LogP contribution in [0.3, 0.4) is 0 Å². The Morgan fingerprint density at radius 1 is 1.42 bits per heavy atom. The quantitative estimate of drug-likeness (QED) is 0.476. The van der Waals surface area contributed by atoms with Gasteiger partial charge in [0.15, 0.2) is 7.37 Å². The molecule has 0 aliphatic rings. The van der Waals surface area contributed by atoms with Gasteiger partial charge in [0.1, 0.15) is 0 Å². The first kappa shape index (κ1) is 12.2. The maximum atomic E-state index is 11.7. The average Bonchev–Trinajstić information content (AvgIpc) is 1.84. The van der Waals surface area contributed by atoms with Crippen LogP contribution in [-0.2, 0) is 9.09 Å². The van der Waals surface area contributed by atoms with Crippen molar-refractivity contribution in [1.29, 1.82) is 0 Å². The van der Waals surface area contributed by atoms with E-state index in [4.69, 9.17) is 4.52 Å². The minimum absolute atomic E-state index is 0.461. The highest BCUT2D eigenvalue weighted by Gasteiger charge is 2.16. The normalized spacial score (nSPS) is 16.4. The van der Waals surface area contributed by atoms with Crippen molar-refractivity contribution < 1.29 is 9.09 Å². The van der Waals surface area contributed by atoms with Crippen LogP contribution < -0.4 is 0 Å². The Morgan fingerprint density at radius 3 is 2.42 bits per heavy atom. The molecule has 0 rings (SSSR count). The third-order valence-electron chi connectivity index (χ3n) is 1.56. The highest BCUT2D eigenvalue weighted by Crippen LogP contribution is 2.44. The molecule has 12 heavy (non-hydrogen) atoms. The van der Waals surface area contributed by atoms with Crippen LogP contribution in [0, 0.1) is 5.92 Å². The summed E-state index contributed by atoms with van der Waals surface area (Å²) < 4.78 is 17.0. The van der Waals surface area contributed by atoms with Gasteiger partial charge in [0.05, 0.1) is 6.61 Å². The first-order valence-corrected chi connectivity index (χ1v) is 6.94. The fourth-order valence-electron chi connectivity index (χ4n) is 1.12. The van der Waals surface area contributed by atoms with E-state index in [1.54, 1.807) is 6.66 Å². The minimum atomic E-state index is -2.28. The second kappa shape index (κ2) is 5.77. The van der Waals surface area contributed by atoms with Gasteiger partial charge >= 0.3 is 0 Å². The first-order chi connectivity index (χ1) is 5.48. The number of hydrogen-bond donors (Lipinski definition) is 0. The monoisotopic (exact) mass is 192 g/mol. The van der Waals surface area contributed by atoms with E-state index in [-0.39, 0.29) is 0 Å². The fourth-order valence-corrected chi connectivity index (χ4v) is 3.07. The lowest BCUT2D eigenvalue weighted by molar-refractivity contribution is 0.307. The molecule has 0 aliphatic carbocycles. The second-order valence-electron chi connectivity index (χ2n) is 3.78. The molecule has 0 aromatic rings. The lowest BCUT2D eigenvalue weighted by Crippen LogP contribution is -2.01. The lowest BCUT2D eigenvalue weighted by Gasteiger charge is -2.15. The van der Waals surface area contributed by atoms with E-state index in [0.29, 0.717) is 18.7 Å². The molecule has 0 amide bonds. The van der Waals surface area contributed by atoms with Crippen LogP contribution in [0.4, 0.5) is 0 Å². The molecule has 1 atom stereocenters. The molecule has 0 spiro atoms. The van der Waals surface area contributed by atoms with E-state index in [1.165, 1.54) is 0 Å². The molecular formula is C9H21O2P. The summed E-state index contributed by atoms with van der Waals surface area (Å²) in [6, 6.07) is 0. The first-order valence-electron chi connectivity index (χ1n) is 4.69. The van der Waals surface area contributed by atoms with Gasteiger partial charge in [0.2, 0.25) is 0 Å². The summed E-state index contributed by atoms with van der Waals surface area (Å²) in [7, 11) is -2.28. The highest BCUT2D eigenvalue weighted by atomic mass is 31.2. The van der Waals surface area contributed by atoms with Crippen molar-refractivity contribution >= 4 is 7.37 Å². The molecule has 0 aliphatic heterocycles. The summed E-state index contributed by atoms with van der Waals surface area (Å²) in [5.74, 6) is 0.461. The van der Waals surface area contributed by atoms with Crippen LogP contribution in [0.25, 0.3) is 0 Å². The molecule has 0 heterocycles. The Hall–Kier alpha value is 0.190. The van der Waals surface area contributed by atoms with Crippen molar-refractivity contribution in [2.75, 3.05) is 19.4 Å². The Labute approximate surface area is 76.1 Å². The molecule has 0 fully saturated rings. The van der Waals surface area contributed by atoms with E-state index in [2.05, 4.69) is 20.8 Å². The zero-order chi connectivity index (χ0) is 9.61. The Kier molecular flexibility index (Phi) is 5.86. The molecule has 74 valence electrons. The zero-order valence-electron chi connectivity index (χ0n) is 8.67. The smallest absolute Gasteiger partial charge is 0.200 e. The average molecular weight is 192 g/mol. The Bertz CT molecular complexity index is 155. The molecule has 0 aromatic heterocycles. The summed E-state index contributed by atoms with van der Waals surface area (Å²) in [5, 5.41) is 0. The molecule has 0 radical (unpaired) electrons. The topological polar surface area (TPSA) is 26.3 Å². The zero-order valence-corrected chi connectivity index (χ0v) is 9.56. The maximum absolute atomic E-state index is 11.7.